The second-order valence-corrected chi connectivity index (χ2v) is 9.68. The fraction of sp³-hybridized carbons (Fsp3) is 0.233. The topological polar surface area (TPSA) is 73.9 Å². The molecule has 11 heteroatoms. The number of nitrogens with zero attached hydrogens (tertiary/aromatic N) is 2. The summed E-state index contributed by atoms with van der Waals surface area (Å²) in [5.41, 5.74) is 1.85. The molecule has 0 saturated heterocycles. The van der Waals surface area contributed by atoms with Gasteiger partial charge in [0.05, 0.1) is 5.56 Å². The Kier molecular flexibility index (Phi) is 8.79. The molecule has 41 heavy (non-hydrogen) atoms. The van der Waals surface area contributed by atoms with Gasteiger partial charge in [0.1, 0.15) is 5.75 Å². The van der Waals surface area contributed by atoms with E-state index in [0.29, 0.717) is 39.8 Å². The number of amides is 2. The van der Waals surface area contributed by atoms with Gasteiger partial charge < -0.3 is 20.3 Å². The van der Waals surface area contributed by atoms with Crippen molar-refractivity contribution in [2.45, 2.75) is 20.2 Å². The fourth-order valence-electron chi connectivity index (χ4n) is 4.63. The van der Waals surface area contributed by atoms with Crippen molar-refractivity contribution < 1.29 is 27.5 Å². The number of imide groups is 1. The van der Waals surface area contributed by atoms with Gasteiger partial charge in [0.15, 0.2) is 5.11 Å². The summed E-state index contributed by atoms with van der Waals surface area (Å²) < 4.78 is 41.2. The van der Waals surface area contributed by atoms with E-state index in [-0.39, 0.29) is 29.2 Å². The Labute approximate surface area is 240 Å². The SMILES string of the molecule is CC.CN(C)CCN1C(=O)c2cccc3cc4cccc(NC(=S)Nc5ccc(OC(F)(F)F)cc5)c4c(c23)C1=O. The Balaban J connectivity index is 0.00000189. The van der Waals surface area contributed by atoms with Crippen molar-refractivity contribution in [2.75, 3.05) is 37.8 Å². The van der Waals surface area contributed by atoms with Gasteiger partial charge in [-0.25, -0.2) is 0 Å². The summed E-state index contributed by atoms with van der Waals surface area (Å²) in [6, 6.07) is 18.0. The van der Waals surface area contributed by atoms with Crippen molar-refractivity contribution in [1.82, 2.24) is 9.80 Å². The first-order valence-corrected chi connectivity index (χ1v) is 13.4. The number of hydrogen-bond acceptors (Lipinski definition) is 5. The first kappa shape index (κ1) is 29.8. The Morgan fingerprint density at radius 3 is 2.17 bits per heavy atom. The minimum absolute atomic E-state index is 0.163. The first-order chi connectivity index (χ1) is 19.5. The maximum atomic E-state index is 13.8. The number of halogens is 3. The molecule has 4 aromatic rings. The van der Waals surface area contributed by atoms with E-state index in [2.05, 4.69) is 15.4 Å². The molecule has 1 aliphatic rings. The molecule has 2 N–H and O–H groups in total. The number of anilines is 2. The lowest BCUT2D eigenvalue weighted by atomic mass is 9.89. The summed E-state index contributed by atoms with van der Waals surface area (Å²) in [7, 11) is 3.74. The molecule has 4 aromatic carbocycles. The molecule has 0 aliphatic carbocycles. The van der Waals surface area contributed by atoms with Crippen LogP contribution in [0.2, 0.25) is 0 Å². The van der Waals surface area contributed by atoms with Crippen LogP contribution in [0, 0.1) is 0 Å². The molecule has 1 aliphatic heterocycles. The zero-order chi connectivity index (χ0) is 29.9. The van der Waals surface area contributed by atoms with Crippen LogP contribution in [0.1, 0.15) is 34.6 Å². The molecule has 0 bridgehead atoms. The predicted molar refractivity (Wildman–Crippen MR) is 160 cm³/mol. The molecule has 1 heterocycles. The Morgan fingerprint density at radius 2 is 1.54 bits per heavy atom. The van der Waals surface area contributed by atoms with Gasteiger partial charge >= 0.3 is 6.36 Å². The second-order valence-electron chi connectivity index (χ2n) is 9.28. The van der Waals surface area contributed by atoms with Crippen LogP contribution < -0.4 is 15.4 Å². The molecule has 7 nitrogen and oxygen atoms in total. The van der Waals surface area contributed by atoms with Crippen LogP contribution in [0.5, 0.6) is 5.75 Å². The summed E-state index contributed by atoms with van der Waals surface area (Å²) in [6.45, 7) is 4.75. The molecule has 5 rings (SSSR count). The Hall–Kier alpha value is -4.22. The second kappa shape index (κ2) is 12.1. The van der Waals surface area contributed by atoms with E-state index in [4.69, 9.17) is 12.2 Å². The molecule has 2 amide bonds. The highest BCUT2D eigenvalue weighted by atomic mass is 32.1. The molecule has 0 fully saturated rings. The van der Waals surface area contributed by atoms with E-state index in [9.17, 15) is 22.8 Å². The van der Waals surface area contributed by atoms with Crippen molar-refractivity contribution >= 4 is 62.1 Å². The average molecular weight is 583 g/mol. The number of carbonyl (C=O) groups is 2. The zero-order valence-electron chi connectivity index (χ0n) is 22.9. The van der Waals surface area contributed by atoms with Crippen molar-refractivity contribution in [3.8, 4) is 5.75 Å². The quantitative estimate of drug-likeness (QED) is 0.146. The summed E-state index contributed by atoms with van der Waals surface area (Å²) >= 11 is 5.47. The normalized spacial score (nSPS) is 12.8. The van der Waals surface area contributed by atoms with Gasteiger partial charge in [0.25, 0.3) is 11.8 Å². The van der Waals surface area contributed by atoms with Crippen LogP contribution in [-0.4, -0.2) is 60.3 Å². The van der Waals surface area contributed by atoms with E-state index in [1.807, 2.05) is 57.1 Å². The van der Waals surface area contributed by atoms with Gasteiger partial charge in [-0.1, -0.05) is 38.1 Å². The summed E-state index contributed by atoms with van der Waals surface area (Å²) in [4.78, 5) is 30.3. The van der Waals surface area contributed by atoms with Crippen LogP contribution in [0.3, 0.4) is 0 Å². The average Bonchev–Trinajstić information content (AvgIpc) is 2.92. The highest BCUT2D eigenvalue weighted by Crippen LogP contribution is 2.39. The summed E-state index contributed by atoms with van der Waals surface area (Å²) in [5.74, 6) is -1.07. The highest BCUT2D eigenvalue weighted by molar-refractivity contribution is 7.80. The largest absolute Gasteiger partial charge is 0.573 e. The molecule has 0 spiro atoms. The molecule has 0 unspecified atom stereocenters. The maximum absolute atomic E-state index is 13.8. The van der Waals surface area contributed by atoms with Crippen molar-refractivity contribution in [3.05, 3.63) is 77.9 Å². The van der Waals surface area contributed by atoms with Gasteiger partial charge in [-0.15, -0.1) is 13.2 Å². The number of carbonyl (C=O) groups excluding carboxylic acids is 2. The van der Waals surface area contributed by atoms with E-state index < -0.39 is 6.36 Å². The van der Waals surface area contributed by atoms with Crippen molar-refractivity contribution in [3.63, 3.8) is 0 Å². The predicted octanol–water partition coefficient (Wildman–Crippen LogP) is 6.88. The fourth-order valence-corrected chi connectivity index (χ4v) is 4.86. The number of fused-ring (bicyclic) bond motifs is 2. The molecule has 0 atom stereocenters. The lowest BCUT2D eigenvalue weighted by molar-refractivity contribution is -0.274. The third kappa shape index (κ3) is 6.41. The number of thiocarbonyl (C=S) groups is 1. The molecular formula is C30H29F3N4O3S. The van der Waals surface area contributed by atoms with Crippen LogP contribution in [0.15, 0.2) is 66.7 Å². The molecule has 214 valence electrons. The van der Waals surface area contributed by atoms with Gasteiger partial charge in [-0.05, 0) is 79.6 Å². The number of ether oxygens (including phenoxy) is 1. The first-order valence-electron chi connectivity index (χ1n) is 12.9. The third-order valence-electron chi connectivity index (χ3n) is 6.30. The van der Waals surface area contributed by atoms with E-state index in [1.54, 1.807) is 18.2 Å². The van der Waals surface area contributed by atoms with Gasteiger partial charge in [-0.3, -0.25) is 14.5 Å². The molecule has 0 aromatic heterocycles. The maximum Gasteiger partial charge on any atom is 0.573 e. The highest BCUT2D eigenvalue weighted by Gasteiger charge is 2.35. The van der Waals surface area contributed by atoms with Crippen LogP contribution in [0.25, 0.3) is 21.5 Å². The number of alkyl halides is 3. The molecular weight excluding hydrogens is 553 g/mol. The Morgan fingerprint density at radius 1 is 0.902 bits per heavy atom. The minimum Gasteiger partial charge on any atom is -0.406 e. The lowest BCUT2D eigenvalue weighted by Gasteiger charge is -2.29. The lowest BCUT2D eigenvalue weighted by Crippen LogP contribution is -2.43. The number of rotatable bonds is 6. The number of benzene rings is 4. The minimum atomic E-state index is -4.78. The molecule has 0 saturated carbocycles. The van der Waals surface area contributed by atoms with Crippen LogP contribution in [-0.2, 0) is 0 Å². The standard InChI is InChI=1S/C28H23F3N4O3S.C2H6/c1-34(2)13-14-35-25(36)20-7-3-5-16-15-17-6-4-8-21(23(17)24(22(16)20)26(35)37)33-27(39)32-18-9-11-19(12-10-18)38-28(29,30)31;1-2/h3-12,15H,13-14H2,1-2H3,(H2,32,33,39);1-2H3. The van der Waals surface area contributed by atoms with E-state index in [1.165, 1.54) is 29.2 Å². The van der Waals surface area contributed by atoms with Crippen molar-refractivity contribution in [1.29, 1.82) is 0 Å². The number of likely N-dealkylation sites (N-methyl/N-ethyl adjacent to an activating group) is 1. The number of nitrogens with one attached hydrogen (secondary N) is 2. The zero-order valence-corrected chi connectivity index (χ0v) is 23.7. The Bertz CT molecular complexity index is 1620. The third-order valence-corrected chi connectivity index (χ3v) is 6.51. The van der Waals surface area contributed by atoms with Gasteiger partial charge in [-0.2, -0.15) is 0 Å². The van der Waals surface area contributed by atoms with E-state index >= 15 is 0 Å². The molecule has 0 radical (unpaired) electrons. The summed E-state index contributed by atoms with van der Waals surface area (Å²) in [6.07, 6.45) is -4.78. The van der Waals surface area contributed by atoms with Gasteiger partial charge in [0.2, 0.25) is 0 Å². The monoisotopic (exact) mass is 582 g/mol. The van der Waals surface area contributed by atoms with Crippen molar-refractivity contribution in [2.24, 2.45) is 0 Å². The van der Waals surface area contributed by atoms with E-state index in [0.717, 1.165) is 10.8 Å². The van der Waals surface area contributed by atoms with Crippen LogP contribution in [0.4, 0.5) is 24.5 Å². The van der Waals surface area contributed by atoms with Crippen LogP contribution >= 0.6 is 12.2 Å². The summed E-state index contributed by atoms with van der Waals surface area (Å²) in [5, 5.41) is 8.98. The number of hydrogen-bond donors (Lipinski definition) is 2. The smallest absolute Gasteiger partial charge is 0.406 e. The van der Waals surface area contributed by atoms with Gasteiger partial charge in [0, 0.05) is 40.8 Å².